The molecule has 1 fully saturated rings. The Balaban J connectivity index is 2.32. The molecule has 94 valence electrons. The van der Waals surface area contributed by atoms with Gasteiger partial charge in [0.25, 0.3) is 0 Å². The van der Waals surface area contributed by atoms with Crippen molar-refractivity contribution < 1.29 is 20.1 Å². The molecular formula is C9H13N3O5. The van der Waals surface area contributed by atoms with Crippen molar-refractivity contribution in [3.05, 3.63) is 22.7 Å². The summed E-state index contributed by atoms with van der Waals surface area (Å²) in [4.78, 5) is 15.0. The molecule has 0 amide bonds. The third kappa shape index (κ3) is 2.03. The van der Waals surface area contributed by atoms with Crippen molar-refractivity contribution in [3.8, 4) is 0 Å². The fourth-order valence-electron chi connectivity index (χ4n) is 1.73. The lowest BCUT2D eigenvalue weighted by atomic mass is 10.1. The van der Waals surface area contributed by atoms with Crippen molar-refractivity contribution in [1.82, 2.24) is 9.55 Å². The van der Waals surface area contributed by atoms with E-state index in [0.717, 1.165) is 4.57 Å². The zero-order valence-electron chi connectivity index (χ0n) is 8.80. The quantitative estimate of drug-likeness (QED) is 0.421. The van der Waals surface area contributed by atoms with Crippen molar-refractivity contribution in [2.24, 2.45) is 0 Å². The van der Waals surface area contributed by atoms with Crippen molar-refractivity contribution in [3.63, 3.8) is 0 Å². The van der Waals surface area contributed by atoms with E-state index >= 15 is 0 Å². The molecule has 8 heteroatoms. The molecular weight excluding hydrogens is 232 g/mol. The Hall–Kier alpha value is -1.48. The van der Waals surface area contributed by atoms with Crippen LogP contribution in [0.25, 0.3) is 0 Å². The van der Waals surface area contributed by atoms with Gasteiger partial charge >= 0.3 is 5.69 Å². The minimum Gasteiger partial charge on any atom is -0.394 e. The Morgan fingerprint density at radius 2 is 2.18 bits per heavy atom. The average molecular weight is 245 g/mol. The number of nitrogens with zero attached hydrogens (tertiary/aromatic N) is 2. The highest BCUT2D eigenvalue weighted by Crippen LogP contribution is 2.27. The maximum atomic E-state index is 11.5. The Labute approximate surface area is 95.9 Å². The highest BCUT2D eigenvalue weighted by Gasteiger charge is 2.43. The number of nitrogens with two attached hydrogens (primary N) is 1. The molecule has 1 aromatic heterocycles. The van der Waals surface area contributed by atoms with Crippen molar-refractivity contribution in [1.29, 1.82) is 0 Å². The lowest BCUT2D eigenvalue weighted by Crippen LogP contribution is -2.36. The molecule has 0 aliphatic carbocycles. The fraction of sp³-hybridized carbons (Fsp3) is 0.556. The maximum absolute atomic E-state index is 11.5. The zero-order chi connectivity index (χ0) is 12.6. The van der Waals surface area contributed by atoms with Crippen LogP contribution in [0.2, 0.25) is 0 Å². The largest absolute Gasteiger partial charge is 0.394 e. The molecule has 2 heterocycles. The SMILES string of the molecule is [15NH2]c1ccn([C@@H]2O[C@H](CO)[C@@H](O)[C@H]2O)c(=O)[15n]1. The zero-order valence-corrected chi connectivity index (χ0v) is 8.80. The Morgan fingerprint density at radius 3 is 2.71 bits per heavy atom. The van der Waals surface area contributed by atoms with Crippen LogP contribution in [0.15, 0.2) is 17.1 Å². The summed E-state index contributed by atoms with van der Waals surface area (Å²) in [6.45, 7) is -0.453. The van der Waals surface area contributed by atoms with Gasteiger partial charge < -0.3 is 25.8 Å². The highest BCUT2D eigenvalue weighted by atomic mass is 16.6. The first-order chi connectivity index (χ1) is 8.04. The van der Waals surface area contributed by atoms with Gasteiger partial charge in [-0.3, -0.25) is 4.57 Å². The average Bonchev–Trinajstić information content (AvgIpc) is 2.57. The second-order valence-corrected chi connectivity index (χ2v) is 3.77. The Kier molecular flexibility index (Phi) is 3.11. The number of hydrogen-bond donors (Lipinski definition) is 4. The van der Waals surface area contributed by atoms with Gasteiger partial charge in [0.1, 0.15) is 24.1 Å². The lowest BCUT2D eigenvalue weighted by molar-refractivity contribution is -0.0549. The minimum absolute atomic E-state index is 0.0537. The number of rotatable bonds is 2. The summed E-state index contributed by atoms with van der Waals surface area (Å²) in [5.74, 6) is 0.0537. The monoisotopic (exact) mass is 245 g/mol. The fourth-order valence-corrected chi connectivity index (χ4v) is 1.73. The second-order valence-electron chi connectivity index (χ2n) is 3.77. The summed E-state index contributed by atoms with van der Waals surface area (Å²) in [7, 11) is 0. The third-order valence-corrected chi connectivity index (χ3v) is 2.64. The molecule has 5 N–H and O–H groups in total. The Morgan fingerprint density at radius 1 is 1.47 bits per heavy atom. The normalized spacial score (nSPS) is 32.9. The van der Waals surface area contributed by atoms with Gasteiger partial charge in [-0.1, -0.05) is 0 Å². The number of anilines is 1. The molecule has 8 nitrogen and oxygen atoms in total. The smallest absolute Gasteiger partial charge is 0.351 e. The second kappa shape index (κ2) is 4.41. The molecule has 0 spiro atoms. The first-order valence-corrected chi connectivity index (χ1v) is 5.01. The summed E-state index contributed by atoms with van der Waals surface area (Å²) in [6.07, 6.45) is -3.27. The third-order valence-electron chi connectivity index (χ3n) is 2.64. The summed E-state index contributed by atoms with van der Waals surface area (Å²) in [5.41, 5.74) is 4.63. The van der Waals surface area contributed by atoms with Gasteiger partial charge in [0.05, 0.1) is 6.61 Å². The van der Waals surface area contributed by atoms with Crippen molar-refractivity contribution in [2.75, 3.05) is 12.3 Å². The summed E-state index contributed by atoms with van der Waals surface area (Å²) in [5, 5.41) is 28.2. The van der Waals surface area contributed by atoms with Gasteiger partial charge in [0.15, 0.2) is 6.23 Å². The van der Waals surface area contributed by atoms with E-state index in [2.05, 4.69) is 4.98 Å². The van der Waals surface area contributed by atoms with Crippen LogP contribution in [0, 0.1) is 0 Å². The molecule has 1 aromatic rings. The van der Waals surface area contributed by atoms with E-state index in [1.54, 1.807) is 0 Å². The van der Waals surface area contributed by atoms with E-state index in [1.807, 2.05) is 0 Å². The molecule has 0 saturated carbocycles. The topological polar surface area (TPSA) is 131 Å². The van der Waals surface area contributed by atoms with Gasteiger partial charge in [0, 0.05) is 6.20 Å². The number of aromatic nitrogens is 2. The number of aliphatic hydroxyl groups excluding tert-OH is 3. The van der Waals surface area contributed by atoms with Crippen LogP contribution in [-0.4, -0.2) is 49.8 Å². The summed E-state index contributed by atoms with van der Waals surface area (Å²) in [6, 6.07) is 1.37. The molecule has 17 heavy (non-hydrogen) atoms. The van der Waals surface area contributed by atoms with Crippen LogP contribution in [0.4, 0.5) is 5.82 Å². The number of aliphatic hydroxyl groups is 3. The number of hydrogen-bond acceptors (Lipinski definition) is 7. The van der Waals surface area contributed by atoms with E-state index < -0.39 is 36.8 Å². The molecule has 4 atom stereocenters. The molecule has 0 radical (unpaired) electrons. The van der Waals surface area contributed by atoms with Crippen LogP contribution in [0.1, 0.15) is 6.23 Å². The summed E-state index contributed by atoms with van der Waals surface area (Å²) < 4.78 is 6.19. The van der Waals surface area contributed by atoms with Crippen LogP contribution in [0.5, 0.6) is 0 Å². The van der Waals surface area contributed by atoms with Gasteiger partial charge in [-0.25, -0.2) is 4.79 Å². The van der Waals surface area contributed by atoms with Gasteiger partial charge in [-0.05, 0) is 6.07 Å². The van der Waals surface area contributed by atoms with Gasteiger partial charge in [0.2, 0.25) is 0 Å². The van der Waals surface area contributed by atoms with Crippen molar-refractivity contribution >= 4 is 5.82 Å². The molecule has 0 bridgehead atoms. The van der Waals surface area contributed by atoms with Crippen LogP contribution in [0.3, 0.4) is 0 Å². The summed E-state index contributed by atoms with van der Waals surface area (Å²) >= 11 is 0. The number of nitrogen functional groups attached to an aromatic ring is 1. The van der Waals surface area contributed by atoms with Gasteiger partial charge in [-0.2, -0.15) is 4.98 Å². The van der Waals surface area contributed by atoms with Crippen LogP contribution in [-0.2, 0) is 4.74 Å². The molecule has 2 rings (SSSR count). The van der Waals surface area contributed by atoms with Crippen LogP contribution < -0.4 is 11.4 Å². The molecule has 1 aliphatic rings. The maximum Gasteiger partial charge on any atom is 0.351 e. The van der Waals surface area contributed by atoms with E-state index in [1.165, 1.54) is 12.3 Å². The van der Waals surface area contributed by atoms with Crippen LogP contribution >= 0.6 is 0 Å². The predicted molar refractivity (Wildman–Crippen MR) is 55.9 cm³/mol. The lowest BCUT2D eigenvalue weighted by Gasteiger charge is -2.16. The standard InChI is InChI=1S/C9H13N3O5/c10-5-1-2-12(9(16)11-5)8-7(15)6(14)4(3-13)17-8/h1-2,4,6-8,13-15H,3H2,(H2,10,11,16)/t4-,6-,7-,8-/m1/s1/i10+1,11+1. The van der Waals surface area contributed by atoms with E-state index in [-0.39, 0.29) is 5.82 Å². The van der Waals surface area contributed by atoms with Crippen molar-refractivity contribution in [2.45, 2.75) is 24.5 Å². The molecule has 1 saturated heterocycles. The predicted octanol–water partition coefficient (Wildman–Crippen LogP) is -2.56. The first-order valence-electron chi connectivity index (χ1n) is 5.01. The molecule has 0 aromatic carbocycles. The molecule has 0 unspecified atom stereocenters. The molecule has 1 aliphatic heterocycles. The number of ether oxygens (including phenoxy) is 1. The van der Waals surface area contributed by atoms with E-state index in [4.69, 9.17) is 15.6 Å². The Bertz CT molecular complexity index is 462. The highest BCUT2D eigenvalue weighted by molar-refractivity contribution is 5.23. The van der Waals surface area contributed by atoms with E-state index in [9.17, 15) is 15.0 Å². The van der Waals surface area contributed by atoms with E-state index in [0.29, 0.717) is 0 Å². The first kappa shape index (κ1) is 12.0. The van der Waals surface area contributed by atoms with Gasteiger partial charge in [-0.15, -0.1) is 0 Å². The minimum atomic E-state index is -1.31.